The Morgan fingerprint density at radius 1 is 0.844 bits per heavy atom. The van der Waals surface area contributed by atoms with Gasteiger partial charge in [0.2, 0.25) is 0 Å². The summed E-state index contributed by atoms with van der Waals surface area (Å²) in [5.74, 6) is 0.913. The molecule has 0 aromatic heterocycles. The van der Waals surface area contributed by atoms with E-state index in [2.05, 4.69) is 10.0 Å². The molecule has 7 nitrogen and oxygen atoms in total. The third kappa shape index (κ3) is 6.01. The maximum Gasteiger partial charge on any atom is 0.265 e. The molecule has 0 unspecified atom stereocenters. The Bertz CT molecular complexity index is 1170. The smallest absolute Gasteiger partial charge is 0.265 e. The monoisotopic (exact) mass is 454 g/mol. The molecule has 1 atom stereocenters. The summed E-state index contributed by atoms with van der Waals surface area (Å²) in [6, 6.07) is 18.2. The average Bonchev–Trinajstić information content (AvgIpc) is 2.73. The second-order valence-electron chi connectivity index (χ2n) is 7.43. The van der Waals surface area contributed by atoms with E-state index in [9.17, 15) is 13.2 Å². The van der Waals surface area contributed by atoms with Crippen LogP contribution in [0.1, 0.15) is 18.1 Å². The second-order valence-corrected chi connectivity index (χ2v) is 9.11. The van der Waals surface area contributed by atoms with Gasteiger partial charge in [-0.1, -0.05) is 6.07 Å². The van der Waals surface area contributed by atoms with Crippen molar-refractivity contribution in [1.82, 2.24) is 0 Å². The van der Waals surface area contributed by atoms with Gasteiger partial charge in [0.15, 0.2) is 6.10 Å². The molecule has 3 aromatic carbocycles. The average molecular weight is 455 g/mol. The van der Waals surface area contributed by atoms with E-state index >= 15 is 0 Å². The number of sulfonamides is 1. The minimum atomic E-state index is -3.77. The number of methoxy groups -OCH3 is 1. The van der Waals surface area contributed by atoms with Crippen LogP contribution in [0.3, 0.4) is 0 Å². The summed E-state index contributed by atoms with van der Waals surface area (Å²) in [7, 11) is -2.23. The van der Waals surface area contributed by atoms with Crippen molar-refractivity contribution in [3.8, 4) is 11.5 Å². The van der Waals surface area contributed by atoms with Crippen LogP contribution in [0.4, 0.5) is 11.4 Å². The molecule has 168 valence electrons. The Morgan fingerprint density at radius 2 is 1.41 bits per heavy atom. The lowest BCUT2D eigenvalue weighted by atomic mass is 10.1. The SMILES string of the molecule is COc1ccc(NS(=O)(=O)c2ccc(NC(=O)[C@H](C)Oc3cc(C)cc(C)c3)cc2)cc1. The van der Waals surface area contributed by atoms with Crippen molar-refractivity contribution >= 4 is 27.3 Å². The lowest BCUT2D eigenvalue weighted by Gasteiger charge is -2.16. The van der Waals surface area contributed by atoms with Gasteiger partial charge in [0.25, 0.3) is 15.9 Å². The Kier molecular flexibility index (Phi) is 7.05. The van der Waals surface area contributed by atoms with Gasteiger partial charge < -0.3 is 14.8 Å². The quantitative estimate of drug-likeness (QED) is 0.522. The van der Waals surface area contributed by atoms with E-state index in [1.165, 1.54) is 31.4 Å². The largest absolute Gasteiger partial charge is 0.497 e. The Balaban J connectivity index is 1.63. The molecule has 2 N–H and O–H groups in total. The van der Waals surface area contributed by atoms with Crippen molar-refractivity contribution in [2.45, 2.75) is 31.8 Å². The van der Waals surface area contributed by atoms with Crippen LogP contribution in [-0.2, 0) is 14.8 Å². The number of ether oxygens (including phenoxy) is 2. The highest BCUT2D eigenvalue weighted by Crippen LogP contribution is 2.21. The summed E-state index contributed by atoms with van der Waals surface area (Å²) in [4.78, 5) is 12.6. The van der Waals surface area contributed by atoms with E-state index in [4.69, 9.17) is 9.47 Å². The highest BCUT2D eigenvalue weighted by Gasteiger charge is 2.17. The van der Waals surface area contributed by atoms with E-state index in [1.54, 1.807) is 31.2 Å². The number of amides is 1. The highest BCUT2D eigenvalue weighted by atomic mass is 32.2. The number of anilines is 2. The number of carbonyl (C=O) groups is 1. The molecule has 0 saturated heterocycles. The minimum absolute atomic E-state index is 0.0749. The molecule has 0 heterocycles. The number of hydrogen-bond acceptors (Lipinski definition) is 5. The predicted octanol–water partition coefficient (Wildman–Crippen LogP) is 4.52. The maximum atomic E-state index is 12.6. The number of carbonyl (C=O) groups excluding carboxylic acids is 1. The molecule has 0 aliphatic rings. The summed E-state index contributed by atoms with van der Waals surface area (Å²) >= 11 is 0. The van der Waals surface area contributed by atoms with E-state index < -0.39 is 16.1 Å². The van der Waals surface area contributed by atoms with Crippen LogP contribution in [0, 0.1) is 13.8 Å². The van der Waals surface area contributed by atoms with Gasteiger partial charge in [0.05, 0.1) is 12.0 Å². The molecule has 0 saturated carbocycles. The number of aryl methyl sites for hydroxylation is 2. The van der Waals surface area contributed by atoms with Crippen molar-refractivity contribution in [2.24, 2.45) is 0 Å². The molecule has 32 heavy (non-hydrogen) atoms. The van der Waals surface area contributed by atoms with Crippen LogP contribution in [0.15, 0.2) is 71.6 Å². The first-order chi connectivity index (χ1) is 15.2. The van der Waals surface area contributed by atoms with Crippen LogP contribution in [0.25, 0.3) is 0 Å². The molecule has 0 bridgehead atoms. The maximum absolute atomic E-state index is 12.6. The van der Waals surface area contributed by atoms with Crippen LogP contribution >= 0.6 is 0 Å². The summed E-state index contributed by atoms with van der Waals surface area (Å²) < 4.78 is 38.5. The first-order valence-corrected chi connectivity index (χ1v) is 11.5. The Hall–Kier alpha value is -3.52. The van der Waals surface area contributed by atoms with Crippen molar-refractivity contribution in [3.63, 3.8) is 0 Å². The van der Waals surface area contributed by atoms with Gasteiger partial charge in [-0.25, -0.2) is 8.42 Å². The van der Waals surface area contributed by atoms with Gasteiger partial charge in [-0.2, -0.15) is 0 Å². The molecule has 0 fully saturated rings. The van der Waals surface area contributed by atoms with E-state index in [0.29, 0.717) is 22.9 Å². The summed E-state index contributed by atoms with van der Waals surface area (Å²) in [6.45, 7) is 5.58. The fraction of sp³-hybridized carbons (Fsp3) is 0.208. The molecular weight excluding hydrogens is 428 g/mol. The lowest BCUT2D eigenvalue weighted by Crippen LogP contribution is -2.30. The minimum Gasteiger partial charge on any atom is -0.497 e. The van der Waals surface area contributed by atoms with Crippen molar-refractivity contribution in [2.75, 3.05) is 17.1 Å². The predicted molar refractivity (Wildman–Crippen MR) is 125 cm³/mol. The number of rotatable bonds is 8. The summed E-state index contributed by atoms with van der Waals surface area (Å²) in [5, 5.41) is 2.74. The van der Waals surface area contributed by atoms with Gasteiger partial charge in [0, 0.05) is 11.4 Å². The van der Waals surface area contributed by atoms with Gasteiger partial charge in [-0.05, 0) is 92.6 Å². The fourth-order valence-corrected chi connectivity index (χ4v) is 4.15. The zero-order valence-corrected chi connectivity index (χ0v) is 19.2. The Morgan fingerprint density at radius 3 is 1.97 bits per heavy atom. The molecule has 0 aliphatic heterocycles. The first kappa shape index (κ1) is 23.1. The van der Waals surface area contributed by atoms with E-state index in [-0.39, 0.29) is 10.8 Å². The molecule has 0 spiro atoms. The van der Waals surface area contributed by atoms with Crippen LogP contribution in [0.2, 0.25) is 0 Å². The third-order valence-corrected chi connectivity index (χ3v) is 6.05. The molecule has 3 rings (SSSR count). The zero-order valence-electron chi connectivity index (χ0n) is 18.4. The van der Waals surface area contributed by atoms with Crippen molar-refractivity contribution in [3.05, 3.63) is 77.9 Å². The normalized spacial score (nSPS) is 12.0. The number of nitrogens with one attached hydrogen (secondary N) is 2. The van der Waals surface area contributed by atoms with Crippen LogP contribution in [0.5, 0.6) is 11.5 Å². The molecule has 3 aromatic rings. The second kappa shape index (κ2) is 9.74. The topological polar surface area (TPSA) is 93.7 Å². The van der Waals surface area contributed by atoms with E-state index in [0.717, 1.165) is 11.1 Å². The van der Waals surface area contributed by atoms with Crippen molar-refractivity contribution < 1.29 is 22.7 Å². The molecule has 0 aliphatic carbocycles. The first-order valence-electron chi connectivity index (χ1n) is 9.99. The molecule has 8 heteroatoms. The van der Waals surface area contributed by atoms with Crippen LogP contribution in [-0.4, -0.2) is 27.5 Å². The number of hydrogen-bond donors (Lipinski definition) is 2. The van der Waals surface area contributed by atoms with Crippen LogP contribution < -0.4 is 19.5 Å². The lowest BCUT2D eigenvalue weighted by molar-refractivity contribution is -0.122. The fourth-order valence-electron chi connectivity index (χ4n) is 3.09. The Labute approximate surface area is 188 Å². The summed E-state index contributed by atoms with van der Waals surface area (Å²) in [6.07, 6.45) is -0.726. The molecule has 0 radical (unpaired) electrons. The van der Waals surface area contributed by atoms with Gasteiger partial charge in [-0.15, -0.1) is 0 Å². The van der Waals surface area contributed by atoms with Crippen molar-refractivity contribution in [1.29, 1.82) is 0 Å². The number of benzene rings is 3. The van der Waals surface area contributed by atoms with Gasteiger partial charge >= 0.3 is 0 Å². The zero-order chi connectivity index (χ0) is 23.3. The highest BCUT2D eigenvalue weighted by molar-refractivity contribution is 7.92. The summed E-state index contributed by atoms with van der Waals surface area (Å²) in [5.41, 5.74) is 2.98. The van der Waals surface area contributed by atoms with E-state index in [1.807, 2.05) is 32.0 Å². The molecular formula is C24H26N2O5S. The molecule has 1 amide bonds. The van der Waals surface area contributed by atoms with Gasteiger partial charge in [-0.3, -0.25) is 9.52 Å². The standard InChI is InChI=1S/C24H26N2O5S/c1-16-13-17(2)15-22(14-16)31-18(3)24(27)25-19-7-11-23(12-8-19)32(28,29)26-20-5-9-21(30-4)10-6-20/h5-15,18,26H,1-4H3,(H,25,27)/t18-/m0/s1. The van der Waals surface area contributed by atoms with Gasteiger partial charge in [0.1, 0.15) is 11.5 Å². The third-order valence-electron chi connectivity index (χ3n) is 4.65.